The number of nitrogens with zero attached hydrogens (tertiary/aromatic N) is 2. The maximum Gasteiger partial charge on any atom is 0.331 e. The van der Waals surface area contributed by atoms with Crippen LogP contribution in [0, 0.1) is 20.8 Å². The summed E-state index contributed by atoms with van der Waals surface area (Å²) in [5.41, 5.74) is 5.38. The molecule has 12 nitrogen and oxygen atoms in total. The van der Waals surface area contributed by atoms with Crippen molar-refractivity contribution in [2.75, 3.05) is 39.9 Å². The first-order chi connectivity index (χ1) is 24.0. The number of carbonyl (C=O) groups excluding carboxylic acids is 1. The van der Waals surface area contributed by atoms with Crippen LogP contribution in [0.5, 0.6) is 34.5 Å². The molecule has 1 spiro atoms. The Bertz CT molecular complexity index is 1990. The Balaban J connectivity index is 1.30. The highest BCUT2D eigenvalue weighted by atomic mass is 32.2. The minimum Gasteiger partial charge on any atom is -0.508 e. The Morgan fingerprint density at radius 2 is 1.76 bits per heavy atom. The number of hydrogen-bond acceptors (Lipinski definition) is 13. The third-order valence-corrected chi connectivity index (χ3v) is 13.5. The van der Waals surface area contributed by atoms with E-state index in [1.54, 1.807) is 20.1 Å². The van der Waals surface area contributed by atoms with Gasteiger partial charge in [0.15, 0.2) is 28.5 Å². The van der Waals surface area contributed by atoms with Crippen molar-refractivity contribution in [3.63, 3.8) is 0 Å². The first-order valence-corrected chi connectivity index (χ1v) is 18.1. The molecule has 7 atom stereocenters. The second-order valence-corrected chi connectivity index (χ2v) is 15.6. The summed E-state index contributed by atoms with van der Waals surface area (Å²) in [6.45, 7) is 5.87. The molecule has 7 heterocycles. The smallest absolute Gasteiger partial charge is 0.331 e. The largest absolute Gasteiger partial charge is 0.508 e. The molecular formula is C37H41N3O9S. The van der Waals surface area contributed by atoms with Crippen LogP contribution in [0.1, 0.15) is 67.4 Å². The van der Waals surface area contributed by atoms with Gasteiger partial charge in [-0.25, -0.2) is 4.79 Å². The molecule has 2 saturated heterocycles. The molecule has 3 aromatic carbocycles. The Kier molecular flexibility index (Phi) is 7.09. The number of thioether (sulfide) groups is 1. The molecule has 4 bridgehead atoms. The number of aliphatic hydroxyl groups excluding tert-OH is 1. The predicted molar refractivity (Wildman–Crippen MR) is 183 cm³/mol. The second-order valence-electron chi connectivity index (χ2n) is 14.5. The quantitative estimate of drug-likeness (QED) is 0.235. The molecule has 0 saturated carbocycles. The van der Waals surface area contributed by atoms with Crippen molar-refractivity contribution in [3.05, 3.63) is 68.3 Å². The molecular weight excluding hydrogens is 662 g/mol. The number of rotatable bonds is 1. The standard InChI is InChI=1S/C37H41N3O9S/c1-15-9-20-18(11-23(15)41)6-7-38-37(20)13-50-34-26-25(33-32(48-14-49-33)17(3)29(26)42)22(12-47-36(37)45)40-28(34)27-24-19(10-21(35(40)44)39(27)4)8-16(2)31(46-5)30(24)43/h8-9,11,21-22,27-28,34-35,38,41-44H,6-7,10,12-14H2,1-5H3/t21-,22-,27+,28?,34+,35-,37+/m0/s1. The summed E-state index contributed by atoms with van der Waals surface area (Å²) < 4.78 is 24.0. The van der Waals surface area contributed by atoms with Crippen LogP contribution in [-0.2, 0) is 27.9 Å². The van der Waals surface area contributed by atoms with E-state index >= 15 is 0 Å². The number of aromatic hydroxyl groups is 3. The van der Waals surface area contributed by atoms with Gasteiger partial charge in [-0.1, -0.05) is 6.07 Å². The van der Waals surface area contributed by atoms with Crippen molar-refractivity contribution >= 4 is 17.7 Å². The van der Waals surface area contributed by atoms with Gasteiger partial charge < -0.3 is 39.4 Å². The van der Waals surface area contributed by atoms with Crippen molar-refractivity contribution < 1.29 is 44.2 Å². The van der Waals surface area contributed by atoms with Gasteiger partial charge in [0.2, 0.25) is 6.79 Å². The molecule has 2 fully saturated rings. The summed E-state index contributed by atoms with van der Waals surface area (Å²) in [5, 5.41) is 50.0. The SMILES string of the molecule is COc1c(C)cc2c(c1O)[C@@H]1C3[C@@H]4SC[C@]5(NCCc6cc(O)c(C)cc65)C(=O)OC[C@@H](c5c6c(c(C)c(O)c54)OCO6)N3[C@@H](O)[C@H](C2)N1C. The molecule has 7 aliphatic heterocycles. The molecule has 50 heavy (non-hydrogen) atoms. The van der Waals surface area contributed by atoms with E-state index in [-0.39, 0.29) is 42.4 Å². The molecule has 264 valence electrons. The fourth-order valence-electron chi connectivity index (χ4n) is 9.70. The van der Waals surface area contributed by atoms with E-state index in [0.29, 0.717) is 58.9 Å². The van der Waals surface area contributed by atoms with Gasteiger partial charge in [-0.05, 0) is 80.6 Å². The number of carbonyl (C=O) groups is 1. The average molecular weight is 704 g/mol. The Labute approximate surface area is 293 Å². The van der Waals surface area contributed by atoms with Gasteiger partial charge in [-0.3, -0.25) is 15.1 Å². The first kappa shape index (κ1) is 32.1. The topological polar surface area (TPSA) is 153 Å². The molecule has 3 aromatic rings. The number of phenols is 3. The summed E-state index contributed by atoms with van der Waals surface area (Å²) in [6.07, 6.45) is 0.123. The lowest BCUT2D eigenvalue weighted by atomic mass is 9.73. The minimum absolute atomic E-state index is 0.0211. The Morgan fingerprint density at radius 1 is 0.980 bits per heavy atom. The van der Waals surface area contributed by atoms with E-state index in [9.17, 15) is 25.2 Å². The van der Waals surface area contributed by atoms with Gasteiger partial charge >= 0.3 is 5.97 Å². The number of nitrogens with one attached hydrogen (secondary N) is 1. The van der Waals surface area contributed by atoms with Crippen LogP contribution < -0.4 is 19.5 Å². The van der Waals surface area contributed by atoms with E-state index in [1.807, 2.05) is 37.9 Å². The third-order valence-electron chi connectivity index (χ3n) is 12.1. The number of aryl methyl sites for hydroxylation is 2. The maximum atomic E-state index is 14.5. The number of ether oxygens (including phenoxy) is 4. The molecule has 5 N–H and O–H groups in total. The van der Waals surface area contributed by atoms with E-state index in [1.165, 1.54) is 11.8 Å². The van der Waals surface area contributed by atoms with Crippen molar-refractivity contribution in [1.29, 1.82) is 0 Å². The number of aliphatic hydroxyl groups is 1. The van der Waals surface area contributed by atoms with Crippen LogP contribution in [0.15, 0.2) is 18.2 Å². The van der Waals surface area contributed by atoms with Crippen molar-refractivity contribution in [2.24, 2.45) is 0 Å². The minimum atomic E-state index is -1.24. The van der Waals surface area contributed by atoms with Crippen molar-refractivity contribution in [2.45, 2.75) is 74.8 Å². The number of methoxy groups -OCH3 is 1. The molecule has 0 aliphatic carbocycles. The molecule has 7 aliphatic rings. The zero-order chi connectivity index (χ0) is 35.0. The number of hydrogen-bond donors (Lipinski definition) is 5. The second kappa shape index (κ2) is 11.1. The summed E-state index contributed by atoms with van der Waals surface area (Å²) in [6, 6.07) is 3.65. The lowest BCUT2D eigenvalue weighted by molar-refractivity contribution is -0.186. The van der Waals surface area contributed by atoms with Gasteiger partial charge in [-0.15, -0.1) is 11.8 Å². The van der Waals surface area contributed by atoms with Crippen LogP contribution in [0.4, 0.5) is 0 Å². The Morgan fingerprint density at radius 3 is 2.54 bits per heavy atom. The zero-order valence-electron chi connectivity index (χ0n) is 28.6. The summed E-state index contributed by atoms with van der Waals surface area (Å²) in [7, 11) is 3.52. The first-order valence-electron chi connectivity index (χ1n) is 17.1. The number of benzene rings is 3. The number of esters is 1. The Hall–Kier alpha value is -3.88. The highest BCUT2D eigenvalue weighted by Crippen LogP contribution is 2.64. The normalized spacial score (nSPS) is 31.0. The summed E-state index contributed by atoms with van der Waals surface area (Å²) in [4.78, 5) is 18.7. The van der Waals surface area contributed by atoms with Crippen LogP contribution in [0.2, 0.25) is 0 Å². The predicted octanol–water partition coefficient (Wildman–Crippen LogP) is 3.49. The van der Waals surface area contributed by atoms with E-state index in [0.717, 1.165) is 27.8 Å². The molecule has 1 unspecified atom stereocenters. The maximum absolute atomic E-state index is 14.5. The number of likely N-dealkylation sites (N-methyl/N-ethyl adjacent to an activating group) is 1. The van der Waals surface area contributed by atoms with Crippen molar-refractivity contribution in [1.82, 2.24) is 15.1 Å². The van der Waals surface area contributed by atoms with E-state index < -0.39 is 41.1 Å². The molecule has 0 amide bonds. The van der Waals surface area contributed by atoms with Crippen LogP contribution in [0.25, 0.3) is 0 Å². The van der Waals surface area contributed by atoms with E-state index in [4.69, 9.17) is 18.9 Å². The monoisotopic (exact) mass is 703 g/mol. The number of piperazine rings is 1. The van der Waals surface area contributed by atoms with Gasteiger partial charge in [0, 0.05) is 40.6 Å². The molecule has 13 heteroatoms. The number of phenolic OH excluding ortho intramolecular Hbond substituents is 3. The highest BCUT2D eigenvalue weighted by Gasteiger charge is 2.61. The van der Waals surface area contributed by atoms with Gasteiger partial charge in [0.05, 0.1) is 30.5 Å². The number of fused-ring (bicyclic) bond motifs is 9. The molecule has 0 radical (unpaired) electrons. The molecule has 0 aromatic heterocycles. The lowest BCUT2D eigenvalue weighted by Crippen LogP contribution is -2.70. The van der Waals surface area contributed by atoms with Crippen LogP contribution >= 0.6 is 11.8 Å². The van der Waals surface area contributed by atoms with Gasteiger partial charge in [0.25, 0.3) is 0 Å². The summed E-state index contributed by atoms with van der Waals surface area (Å²) in [5.74, 6) is 1.43. The average Bonchev–Trinajstić information content (AvgIpc) is 3.58. The molecule has 10 rings (SSSR count). The fraction of sp³-hybridized carbons (Fsp3) is 0.486. The fourth-order valence-corrected chi connectivity index (χ4v) is 11.4. The van der Waals surface area contributed by atoms with Gasteiger partial charge in [0.1, 0.15) is 24.3 Å². The highest BCUT2D eigenvalue weighted by molar-refractivity contribution is 7.99. The van der Waals surface area contributed by atoms with Crippen LogP contribution in [-0.4, -0.2) is 94.4 Å². The zero-order valence-corrected chi connectivity index (χ0v) is 29.4. The lowest BCUT2D eigenvalue weighted by Gasteiger charge is -2.62. The van der Waals surface area contributed by atoms with Crippen LogP contribution in [0.3, 0.4) is 0 Å². The van der Waals surface area contributed by atoms with Gasteiger partial charge in [-0.2, -0.15) is 0 Å². The van der Waals surface area contributed by atoms with E-state index in [2.05, 4.69) is 10.2 Å². The van der Waals surface area contributed by atoms with Crippen molar-refractivity contribution in [3.8, 4) is 34.5 Å². The third kappa shape index (κ3) is 4.06. The summed E-state index contributed by atoms with van der Waals surface area (Å²) >= 11 is 1.50.